The summed E-state index contributed by atoms with van der Waals surface area (Å²) in [6, 6.07) is 4.19. The fourth-order valence-corrected chi connectivity index (χ4v) is 2.33. The highest BCUT2D eigenvalue weighted by Gasteiger charge is 2.36. The Kier molecular flexibility index (Phi) is 4.50. The summed E-state index contributed by atoms with van der Waals surface area (Å²) < 4.78 is 6.14. The first-order valence-corrected chi connectivity index (χ1v) is 9.19. The Hall–Kier alpha value is -0.673. The van der Waals surface area contributed by atoms with Crippen molar-refractivity contribution in [3.63, 3.8) is 0 Å². The van der Waals surface area contributed by atoms with E-state index in [1.54, 1.807) is 0 Å². The lowest BCUT2D eigenvalue weighted by Crippen LogP contribution is -2.41. The van der Waals surface area contributed by atoms with Crippen molar-refractivity contribution in [3.05, 3.63) is 29.6 Å². The van der Waals surface area contributed by atoms with Crippen LogP contribution >= 0.6 is 0 Å². The Morgan fingerprint density at radius 2 is 1.88 bits per heavy atom. The van der Waals surface area contributed by atoms with Gasteiger partial charge in [0.15, 0.2) is 8.32 Å². The summed E-state index contributed by atoms with van der Waals surface area (Å²) in [6.45, 7) is 14.2. The predicted molar refractivity (Wildman–Crippen MR) is 75.8 cm³/mol. The van der Waals surface area contributed by atoms with Crippen LogP contribution in [0.1, 0.15) is 32.0 Å². The first-order valence-electron chi connectivity index (χ1n) is 6.28. The van der Waals surface area contributed by atoms with Crippen molar-refractivity contribution in [2.24, 2.45) is 0 Å². The normalized spacial score (nSPS) is 12.8. The monoisotopic (exact) mass is 251 g/mol. The molecule has 0 fully saturated rings. The highest BCUT2D eigenvalue weighted by atomic mass is 28.4. The van der Waals surface area contributed by atoms with Crippen molar-refractivity contribution < 1.29 is 4.43 Å². The van der Waals surface area contributed by atoms with Gasteiger partial charge in [0.2, 0.25) is 0 Å². The second kappa shape index (κ2) is 5.32. The number of nitrogens with zero attached hydrogens (tertiary/aromatic N) is 1. The average molecular weight is 251 g/mol. The molecule has 0 bridgehead atoms. The molecule has 0 aliphatic rings. The van der Waals surface area contributed by atoms with Crippen LogP contribution in [0.25, 0.3) is 0 Å². The van der Waals surface area contributed by atoms with Gasteiger partial charge in [0, 0.05) is 18.5 Å². The number of hydrogen-bond donors (Lipinski definition) is 0. The Bertz CT molecular complexity index is 351. The molecule has 17 heavy (non-hydrogen) atoms. The highest BCUT2D eigenvalue weighted by Crippen LogP contribution is 2.36. The average Bonchev–Trinajstić information content (AvgIpc) is 2.19. The maximum Gasteiger partial charge on any atom is 0.191 e. The molecule has 2 nitrogen and oxygen atoms in total. The van der Waals surface area contributed by atoms with E-state index in [9.17, 15) is 0 Å². The maximum absolute atomic E-state index is 6.14. The van der Waals surface area contributed by atoms with Gasteiger partial charge in [0.25, 0.3) is 0 Å². The van der Waals surface area contributed by atoms with E-state index in [0.29, 0.717) is 5.04 Å². The van der Waals surface area contributed by atoms with Gasteiger partial charge in [-0.1, -0.05) is 26.8 Å². The molecule has 1 aromatic heterocycles. The molecule has 1 rings (SSSR count). The van der Waals surface area contributed by atoms with E-state index in [-0.39, 0.29) is 0 Å². The van der Waals surface area contributed by atoms with E-state index in [2.05, 4.69) is 51.0 Å². The molecule has 0 aliphatic heterocycles. The summed E-state index contributed by atoms with van der Waals surface area (Å²) in [5.41, 5.74) is 2.33. The molecule has 0 amide bonds. The third-order valence-electron chi connectivity index (χ3n) is 3.63. The SMILES string of the molecule is Cc1ccc(CCO[Si](C)(C)C(C)(C)C)cn1. The lowest BCUT2D eigenvalue weighted by Gasteiger charge is -2.36. The summed E-state index contributed by atoms with van der Waals surface area (Å²) in [4.78, 5) is 4.30. The Morgan fingerprint density at radius 3 is 2.35 bits per heavy atom. The number of pyridine rings is 1. The van der Waals surface area contributed by atoms with Crippen molar-refractivity contribution in [1.29, 1.82) is 0 Å². The van der Waals surface area contributed by atoms with Gasteiger partial charge in [-0.05, 0) is 43.1 Å². The topological polar surface area (TPSA) is 22.1 Å². The third-order valence-corrected chi connectivity index (χ3v) is 8.17. The van der Waals surface area contributed by atoms with E-state index in [1.807, 2.05) is 13.1 Å². The van der Waals surface area contributed by atoms with E-state index >= 15 is 0 Å². The fourth-order valence-electron chi connectivity index (χ4n) is 1.29. The van der Waals surface area contributed by atoms with Gasteiger partial charge in [-0.25, -0.2) is 0 Å². The molecule has 0 radical (unpaired) electrons. The summed E-state index contributed by atoms with van der Waals surface area (Å²) in [6.07, 6.45) is 2.91. The molecule has 1 aromatic rings. The van der Waals surface area contributed by atoms with Crippen LogP contribution < -0.4 is 0 Å². The summed E-state index contributed by atoms with van der Waals surface area (Å²) >= 11 is 0. The summed E-state index contributed by atoms with van der Waals surface area (Å²) in [5, 5.41) is 0.290. The lowest BCUT2D eigenvalue weighted by atomic mass is 10.2. The van der Waals surface area contributed by atoms with Gasteiger partial charge in [0.1, 0.15) is 0 Å². The van der Waals surface area contributed by atoms with Crippen LogP contribution in [0.2, 0.25) is 18.1 Å². The quantitative estimate of drug-likeness (QED) is 0.756. The minimum atomic E-state index is -1.59. The van der Waals surface area contributed by atoms with Crippen LogP contribution in [-0.2, 0) is 10.8 Å². The second-order valence-electron chi connectivity index (χ2n) is 6.17. The Balaban J connectivity index is 2.45. The number of hydrogen-bond acceptors (Lipinski definition) is 2. The molecule has 0 aromatic carbocycles. The molecular formula is C14H25NOSi. The van der Waals surface area contributed by atoms with Crippen molar-refractivity contribution in [1.82, 2.24) is 4.98 Å². The number of aromatic nitrogens is 1. The molecule has 0 saturated heterocycles. The fraction of sp³-hybridized carbons (Fsp3) is 0.643. The lowest BCUT2D eigenvalue weighted by molar-refractivity contribution is 0.292. The zero-order chi connectivity index (χ0) is 13.1. The van der Waals surface area contributed by atoms with Crippen LogP contribution in [0.5, 0.6) is 0 Å². The largest absolute Gasteiger partial charge is 0.416 e. The van der Waals surface area contributed by atoms with Gasteiger partial charge < -0.3 is 4.43 Å². The van der Waals surface area contributed by atoms with E-state index in [4.69, 9.17) is 4.43 Å². The number of aryl methyl sites for hydroxylation is 1. The van der Waals surface area contributed by atoms with Crippen LogP contribution in [0.4, 0.5) is 0 Å². The molecule has 0 atom stereocenters. The van der Waals surface area contributed by atoms with Crippen LogP contribution in [-0.4, -0.2) is 19.9 Å². The smallest absolute Gasteiger partial charge is 0.191 e. The summed E-state index contributed by atoms with van der Waals surface area (Å²) in [7, 11) is -1.59. The molecule has 1 heterocycles. The van der Waals surface area contributed by atoms with Crippen molar-refractivity contribution in [2.75, 3.05) is 6.61 Å². The first kappa shape index (κ1) is 14.4. The molecule has 96 valence electrons. The van der Waals surface area contributed by atoms with Crippen molar-refractivity contribution in [2.45, 2.75) is 52.2 Å². The third kappa shape index (κ3) is 4.24. The number of rotatable bonds is 4. The van der Waals surface area contributed by atoms with Gasteiger partial charge in [-0.15, -0.1) is 0 Å². The van der Waals surface area contributed by atoms with Crippen LogP contribution in [0.3, 0.4) is 0 Å². The molecule has 0 spiro atoms. The maximum atomic E-state index is 6.14. The van der Waals surface area contributed by atoms with Gasteiger partial charge >= 0.3 is 0 Å². The van der Waals surface area contributed by atoms with E-state index in [1.165, 1.54) is 5.56 Å². The zero-order valence-electron chi connectivity index (χ0n) is 12.0. The summed E-state index contributed by atoms with van der Waals surface area (Å²) in [5.74, 6) is 0. The predicted octanol–water partition coefficient (Wildman–Crippen LogP) is 3.95. The highest BCUT2D eigenvalue weighted by molar-refractivity contribution is 6.74. The molecule has 0 saturated carbocycles. The van der Waals surface area contributed by atoms with Crippen molar-refractivity contribution >= 4 is 8.32 Å². The molecule has 0 aliphatic carbocycles. The first-order chi connectivity index (χ1) is 7.72. The minimum absolute atomic E-state index is 0.290. The van der Waals surface area contributed by atoms with Gasteiger partial charge in [-0.2, -0.15) is 0 Å². The Morgan fingerprint density at radius 1 is 1.24 bits per heavy atom. The molecule has 0 N–H and O–H groups in total. The standard InChI is InChI=1S/C14H25NOSi/c1-12-7-8-13(11-15-12)9-10-16-17(5,6)14(2,3)4/h7-8,11H,9-10H2,1-6H3. The van der Waals surface area contributed by atoms with Crippen LogP contribution in [0.15, 0.2) is 18.3 Å². The molecule has 0 unspecified atom stereocenters. The van der Waals surface area contributed by atoms with Crippen molar-refractivity contribution in [3.8, 4) is 0 Å². The molecule has 3 heteroatoms. The van der Waals surface area contributed by atoms with E-state index < -0.39 is 8.32 Å². The minimum Gasteiger partial charge on any atom is -0.416 e. The zero-order valence-corrected chi connectivity index (χ0v) is 13.0. The van der Waals surface area contributed by atoms with Gasteiger partial charge in [-0.3, -0.25) is 4.98 Å². The van der Waals surface area contributed by atoms with Crippen LogP contribution in [0, 0.1) is 6.92 Å². The second-order valence-corrected chi connectivity index (χ2v) is 11.0. The van der Waals surface area contributed by atoms with Gasteiger partial charge in [0.05, 0.1) is 0 Å². The Labute approximate surface area is 107 Å². The molecular weight excluding hydrogens is 226 g/mol. The van der Waals surface area contributed by atoms with E-state index in [0.717, 1.165) is 18.7 Å².